The molecule has 4 heteroatoms. The summed E-state index contributed by atoms with van der Waals surface area (Å²) in [6, 6.07) is -0.329. The van der Waals surface area contributed by atoms with Gasteiger partial charge in [0.15, 0.2) is 0 Å². The average molecular weight is 292 g/mol. The molecule has 0 radical (unpaired) electrons. The number of rotatable bonds is 4. The van der Waals surface area contributed by atoms with Crippen molar-refractivity contribution in [2.45, 2.75) is 71.4 Å². The van der Waals surface area contributed by atoms with Crippen LogP contribution in [-0.4, -0.2) is 23.9 Å². The molecule has 4 bridgehead atoms. The molecule has 0 spiro atoms. The summed E-state index contributed by atoms with van der Waals surface area (Å²) in [5, 5.41) is 5.86. The summed E-state index contributed by atoms with van der Waals surface area (Å²) in [7, 11) is 0. The van der Waals surface area contributed by atoms with Gasteiger partial charge >= 0.3 is 0 Å². The van der Waals surface area contributed by atoms with Crippen LogP contribution in [0.1, 0.15) is 59.3 Å². The lowest BCUT2D eigenvalue weighted by Crippen LogP contribution is -2.57. The van der Waals surface area contributed by atoms with Crippen molar-refractivity contribution in [3.8, 4) is 0 Å². The predicted molar refractivity (Wildman–Crippen MR) is 81.5 cm³/mol. The lowest BCUT2D eigenvalue weighted by atomic mass is 9.49. The zero-order valence-electron chi connectivity index (χ0n) is 13.4. The first kappa shape index (κ1) is 14.9. The molecule has 0 aromatic rings. The first-order valence-electron chi connectivity index (χ1n) is 8.49. The summed E-state index contributed by atoms with van der Waals surface area (Å²) in [5.41, 5.74) is -0.166. The fraction of sp³-hybridized carbons (Fsp3) is 0.882. The number of carbonyl (C=O) groups is 2. The van der Waals surface area contributed by atoms with Gasteiger partial charge in [0.05, 0.1) is 0 Å². The normalized spacial score (nSPS) is 38.4. The third-order valence-electron chi connectivity index (χ3n) is 5.69. The molecule has 0 aromatic carbocycles. The Morgan fingerprint density at radius 1 is 0.905 bits per heavy atom. The fourth-order valence-electron chi connectivity index (χ4n) is 5.21. The molecule has 0 saturated heterocycles. The van der Waals surface area contributed by atoms with Crippen LogP contribution in [0.2, 0.25) is 0 Å². The highest BCUT2D eigenvalue weighted by Gasteiger charge is 2.54. The number of amides is 2. The van der Waals surface area contributed by atoms with E-state index >= 15 is 0 Å². The van der Waals surface area contributed by atoms with Crippen molar-refractivity contribution in [3.63, 3.8) is 0 Å². The second-order valence-corrected chi connectivity index (χ2v) is 8.06. The molecule has 4 aliphatic carbocycles. The Hall–Kier alpha value is -1.06. The van der Waals surface area contributed by atoms with Gasteiger partial charge in [-0.25, -0.2) is 0 Å². The Bertz CT molecular complexity index is 409. The highest BCUT2D eigenvalue weighted by Crippen LogP contribution is 2.60. The van der Waals surface area contributed by atoms with Crippen molar-refractivity contribution in [2.75, 3.05) is 0 Å². The molecule has 0 aliphatic heterocycles. The molecule has 4 nitrogen and oxygen atoms in total. The molecule has 4 aliphatic rings. The third kappa shape index (κ3) is 2.82. The van der Waals surface area contributed by atoms with E-state index < -0.39 is 6.04 Å². The van der Waals surface area contributed by atoms with Gasteiger partial charge in [0.2, 0.25) is 11.8 Å². The molecule has 0 aromatic heterocycles. The summed E-state index contributed by atoms with van der Waals surface area (Å²) >= 11 is 0. The topological polar surface area (TPSA) is 58.2 Å². The van der Waals surface area contributed by atoms with Gasteiger partial charge in [0.1, 0.15) is 6.04 Å². The quantitative estimate of drug-likeness (QED) is 0.835. The van der Waals surface area contributed by atoms with Crippen LogP contribution in [0.3, 0.4) is 0 Å². The van der Waals surface area contributed by atoms with E-state index in [1.165, 1.54) is 19.3 Å². The lowest BCUT2D eigenvalue weighted by molar-refractivity contribution is -0.148. The molecule has 2 amide bonds. The van der Waals surface area contributed by atoms with Gasteiger partial charge in [0, 0.05) is 11.5 Å². The first-order chi connectivity index (χ1) is 9.88. The van der Waals surface area contributed by atoms with Crippen LogP contribution in [0.5, 0.6) is 0 Å². The summed E-state index contributed by atoms with van der Waals surface area (Å²) in [5.74, 6) is 2.31. The van der Waals surface area contributed by atoms with Crippen LogP contribution in [-0.2, 0) is 9.59 Å². The van der Waals surface area contributed by atoms with Crippen molar-refractivity contribution < 1.29 is 9.59 Å². The molecule has 21 heavy (non-hydrogen) atoms. The van der Waals surface area contributed by atoms with Crippen LogP contribution in [0.4, 0.5) is 0 Å². The van der Waals surface area contributed by atoms with Gasteiger partial charge < -0.3 is 10.6 Å². The van der Waals surface area contributed by atoms with E-state index in [1.54, 1.807) is 6.92 Å². The highest BCUT2D eigenvalue weighted by atomic mass is 16.2. The molecule has 118 valence electrons. The van der Waals surface area contributed by atoms with Gasteiger partial charge in [-0.2, -0.15) is 0 Å². The molecule has 1 atom stereocenters. The predicted octanol–water partition coefficient (Wildman–Crippen LogP) is 2.23. The van der Waals surface area contributed by atoms with E-state index in [2.05, 4.69) is 10.6 Å². The zero-order valence-corrected chi connectivity index (χ0v) is 13.4. The minimum atomic E-state index is -0.437. The summed E-state index contributed by atoms with van der Waals surface area (Å²) < 4.78 is 0. The first-order valence-corrected chi connectivity index (χ1v) is 8.49. The third-order valence-corrected chi connectivity index (χ3v) is 5.69. The lowest BCUT2D eigenvalue weighted by Gasteiger charge is -2.55. The number of hydrogen-bond acceptors (Lipinski definition) is 2. The van der Waals surface area contributed by atoms with Gasteiger partial charge in [0.25, 0.3) is 0 Å². The van der Waals surface area contributed by atoms with Gasteiger partial charge in [-0.15, -0.1) is 0 Å². The maximum absolute atomic E-state index is 12.8. The Morgan fingerprint density at radius 2 is 1.38 bits per heavy atom. The standard InChI is InChI=1S/C17H28N2O2/c1-10(2)18-15(20)11(3)19-16(21)17-7-12-4-13(8-17)6-14(5-12)9-17/h10-14H,4-9H2,1-3H3,(H,18,20)(H,19,21)/t11-,12?,13?,14?,17?/m0/s1. The molecular formula is C17H28N2O2. The Balaban J connectivity index is 1.64. The summed E-state index contributed by atoms with van der Waals surface area (Å²) in [6.07, 6.45) is 7.12. The van der Waals surface area contributed by atoms with Crippen molar-refractivity contribution >= 4 is 11.8 Å². The molecule has 2 N–H and O–H groups in total. The fourth-order valence-corrected chi connectivity index (χ4v) is 5.21. The molecule has 4 fully saturated rings. The maximum Gasteiger partial charge on any atom is 0.242 e. The van der Waals surface area contributed by atoms with Crippen molar-refractivity contribution in [1.29, 1.82) is 0 Å². The molecule has 0 heterocycles. The van der Waals surface area contributed by atoms with Crippen LogP contribution in [0.15, 0.2) is 0 Å². The molecule has 0 unspecified atom stereocenters. The molecule has 4 saturated carbocycles. The van der Waals surface area contributed by atoms with E-state index in [0.717, 1.165) is 37.0 Å². The molecule has 4 rings (SSSR count). The smallest absolute Gasteiger partial charge is 0.242 e. The van der Waals surface area contributed by atoms with Crippen LogP contribution in [0.25, 0.3) is 0 Å². The van der Waals surface area contributed by atoms with Crippen LogP contribution >= 0.6 is 0 Å². The SMILES string of the molecule is CC(C)NC(=O)[C@H](C)NC(=O)C12CC3CC(CC(C3)C1)C2. The monoisotopic (exact) mass is 292 g/mol. The van der Waals surface area contributed by atoms with E-state index in [1.807, 2.05) is 13.8 Å². The van der Waals surface area contributed by atoms with E-state index in [9.17, 15) is 9.59 Å². The van der Waals surface area contributed by atoms with Crippen LogP contribution in [0, 0.1) is 23.2 Å². The summed E-state index contributed by atoms with van der Waals surface area (Å²) in [4.78, 5) is 24.8. The van der Waals surface area contributed by atoms with Gasteiger partial charge in [-0.05, 0) is 77.0 Å². The van der Waals surface area contributed by atoms with E-state index in [4.69, 9.17) is 0 Å². The largest absolute Gasteiger partial charge is 0.352 e. The van der Waals surface area contributed by atoms with E-state index in [0.29, 0.717) is 0 Å². The molecular weight excluding hydrogens is 264 g/mol. The van der Waals surface area contributed by atoms with Crippen molar-refractivity contribution in [3.05, 3.63) is 0 Å². The minimum Gasteiger partial charge on any atom is -0.352 e. The Labute approximate surface area is 127 Å². The minimum absolute atomic E-state index is 0.0805. The van der Waals surface area contributed by atoms with Crippen molar-refractivity contribution in [1.82, 2.24) is 10.6 Å². The number of hydrogen-bond donors (Lipinski definition) is 2. The zero-order chi connectivity index (χ0) is 15.2. The van der Waals surface area contributed by atoms with Gasteiger partial charge in [-0.1, -0.05) is 0 Å². The Kier molecular flexibility index (Phi) is 3.74. The van der Waals surface area contributed by atoms with Crippen LogP contribution < -0.4 is 10.6 Å². The number of carbonyl (C=O) groups excluding carboxylic acids is 2. The number of nitrogens with one attached hydrogen (secondary N) is 2. The van der Waals surface area contributed by atoms with E-state index in [-0.39, 0.29) is 23.3 Å². The van der Waals surface area contributed by atoms with Gasteiger partial charge in [-0.3, -0.25) is 9.59 Å². The second-order valence-electron chi connectivity index (χ2n) is 8.06. The Morgan fingerprint density at radius 3 is 1.81 bits per heavy atom. The maximum atomic E-state index is 12.8. The second kappa shape index (κ2) is 5.29. The highest BCUT2D eigenvalue weighted by molar-refractivity contribution is 5.90. The van der Waals surface area contributed by atoms with Crippen molar-refractivity contribution in [2.24, 2.45) is 23.2 Å². The average Bonchev–Trinajstić information content (AvgIpc) is 2.35. The summed E-state index contributed by atoms with van der Waals surface area (Å²) in [6.45, 7) is 5.66.